The van der Waals surface area contributed by atoms with Crippen LogP contribution in [0.3, 0.4) is 0 Å². The minimum absolute atomic E-state index is 0.120. The van der Waals surface area contributed by atoms with E-state index in [0.717, 1.165) is 35.2 Å². The largest absolute Gasteiger partial charge is 0.368 e. The maximum Gasteiger partial charge on any atom is 0.242 e. The predicted octanol–water partition coefficient (Wildman–Crippen LogP) is 5.45. The van der Waals surface area contributed by atoms with Crippen LogP contribution in [-0.4, -0.2) is 52.9 Å². The predicted molar refractivity (Wildman–Crippen MR) is 152 cm³/mol. The number of rotatable bonds is 8. The monoisotopic (exact) mass is 531 g/mol. The van der Waals surface area contributed by atoms with Crippen molar-refractivity contribution in [2.24, 2.45) is 0 Å². The summed E-state index contributed by atoms with van der Waals surface area (Å²) < 4.78 is 4.59. The standard InChI is InChI=1S/C29H30ClN5OS/c1-22-7-5-6-10-26(22)33-15-17-34(18-16-33)28(36)21-35(20-24-8-3-2-4-9-24)29-31-27(32-37-29)19-23-11-13-25(30)14-12-23/h2-14H,15-21H2,1H3. The van der Waals surface area contributed by atoms with Gasteiger partial charge in [-0.25, -0.2) is 4.98 Å². The lowest BCUT2D eigenvalue weighted by Gasteiger charge is -2.37. The van der Waals surface area contributed by atoms with E-state index in [1.54, 1.807) is 0 Å². The van der Waals surface area contributed by atoms with Gasteiger partial charge in [-0.1, -0.05) is 72.3 Å². The van der Waals surface area contributed by atoms with Gasteiger partial charge in [-0.05, 0) is 41.8 Å². The molecular weight excluding hydrogens is 502 g/mol. The summed E-state index contributed by atoms with van der Waals surface area (Å²) in [5, 5.41) is 1.47. The van der Waals surface area contributed by atoms with Gasteiger partial charge >= 0.3 is 0 Å². The molecule has 1 aromatic heterocycles. The molecule has 37 heavy (non-hydrogen) atoms. The van der Waals surface area contributed by atoms with E-state index >= 15 is 0 Å². The third kappa shape index (κ3) is 6.48. The summed E-state index contributed by atoms with van der Waals surface area (Å²) in [4.78, 5) is 24.6. The molecule has 1 fully saturated rings. The molecule has 0 bridgehead atoms. The summed E-state index contributed by atoms with van der Waals surface area (Å²) in [6, 6.07) is 26.4. The molecule has 6 nitrogen and oxygen atoms in total. The highest BCUT2D eigenvalue weighted by molar-refractivity contribution is 7.09. The first-order valence-corrected chi connectivity index (χ1v) is 13.6. The zero-order chi connectivity index (χ0) is 25.6. The van der Waals surface area contributed by atoms with E-state index in [9.17, 15) is 4.79 Å². The van der Waals surface area contributed by atoms with Crippen LogP contribution in [0.15, 0.2) is 78.9 Å². The van der Waals surface area contributed by atoms with E-state index in [0.29, 0.717) is 31.1 Å². The number of aryl methyl sites for hydroxylation is 1. The Morgan fingerprint density at radius 2 is 1.62 bits per heavy atom. The molecule has 2 heterocycles. The van der Waals surface area contributed by atoms with Crippen LogP contribution >= 0.6 is 23.1 Å². The molecule has 1 aliphatic rings. The Kier molecular flexibility index (Phi) is 8.02. The molecule has 3 aromatic carbocycles. The van der Waals surface area contributed by atoms with Crippen molar-refractivity contribution in [2.75, 3.05) is 42.5 Å². The normalized spacial score (nSPS) is 13.6. The molecular formula is C29H30ClN5OS. The first-order chi connectivity index (χ1) is 18.0. The van der Waals surface area contributed by atoms with Crippen molar-refractivity contribution >= 4 is 39.9 Å². The number of hydrogen-bond donors (Lipinski definition) is 0. The summed E-state index contributed by atoms with van der Waals surface area (Å²) in [7, 11) is 0. The Labute approximate surface area is 227 Å². The van der Waals surface area contributed by atoms with E-state index in [2.05, 4.69) is 57.5 Å². The topological polar surface area (TPSA) is 52.6 Å². The van der Waals surface area contributed by atoms with Gasteiger partial charge < -0.3 is 14.7 Å². The molecule has 8 heteroatoms. The third-order valence-corrected chi connectivity index (χ3v) is 7.70. The molecule has 0 N–H and O–H groups in total. The van der Waals surface area contributed by atoms with Crippen LogP contribution in [0.25, 0.3) is 0 Å². The minimum atomic E-state index is 0.120. The van der Waals surface area contributed by atoms with Crippen molar-refractivity contribution in [1.82, 2.24) is 14.3 Å². The van der Waals surface area contributed by atoms with Crippen LogP contribution in [0, 0.1) is 6.92 Å². The van der Waals surface area contributed by atoms with Crippen molar-refractivity contribution < 1.29 is 4.79 Å². The third-order valence-electron chi connectivity index (χ3n) is 6.63. The summed E-state index contributed by atoms with van der Waals surface area (Å²) in [5.74, 6) is 0.870. The molecule has 1 amide bonds. The van der Waals surface area contributed by atoms with Crippen LogP contribution in [-0.2, 0) is 17.8 Å². The number of piperazine rings is 1. The second-order valence-corrected chi connectivity index (χ2v) is 10.5. The molecule has 0 spiro atoms. The summed E-state index contributed by atoms with van der Waals surface area (Å²) in [6.07, 6.45) is 0.627. The Balaban J connectivity index is 1.27. The number of benzene rings is 3. The number of carbonyl (C=O) groups is 1. The lowest BCUT2D eigenvalue weighted by atomic mass is 10.1. The first kappa shape index (κ1) is 25.2. The smallest absolute Gasteiger partial charge is 0.242 e. The van der Waals surface area contributed by atoms with Crippen molar-refractivity contribution in [3.8, 4) is 0 Å². The van der Waals surface area contributed by atoms with Crippen LogP contribution in [0.4, 0.5) is 10.8 Å². The fourth-order valence-corrected chi connectivity index (χ4v) is 5.41. The highest BCUT2D eigenvalue weighted by Crippen LogP contribution is 2.24. The maximum absolute atomic E-state index is 13.4. The number of nitrogens with zero attached hydrogens (tertiary/aromatic N) is 5. The number of amides is 1. The van der Waals surface area contributed by atoms with E-state index in [-0.39, 0.29) is 12.5 Å². The van der Waals surface area contributed by atoms with E-state index in [4.69, 9.17) is 16.6 Å². The SMILES string of the molecule is Cc1ccccc1N1CCN(C(=O)CN(Cc2ccccc2)c2nc(Cc3ccc(Cl)cc3)ns2)CC1. The van der Waals surface area contributed by atoms with Gasteiger partial charge in [-0.15, -0.1) is 0 Å². The molecule has 0 atom stereocenters. The van der Waals surface area contributed by atoms with Gasteiger partial charge in [0, 0.05) is 61.4 Å². The summed E-state index contributed by atoms with van der Waals surface area (Å²) in [6.45, 7) is 6.10. The summed E-state index contributed by atoms with van der Waals surface area (Å²) in [5.41, 5.74) is 4.75. The number of halogens is 1. The molecule has 4 aromatic rings. The molecule has 1 aliphatic heterocycles. The number of aromatic nitrogens is 2. The fourth-order valence-electron chi connectivity index (χ4n) is 4.60. The molecule has 190 valence electrons. The molecule has 0 saturated carbocycles. The lowest BCUT2D eigenvalue weighted by molar-refractivity contribution is -0.130. The Hall–Kier alpha value is -3.42. The second-order valence-electron chi connectivity index (χ2n) is 9.29. The minimum Gasteiger partial charge on any atom is -0.368 e. The average Bonchev–Trinajstić information content (AvgIpc) is 3.39. The van der Waals surface area contributed by atoms with Crippen LogP contribution in [0.5, 0.6) is 0 Å². The molecule has 1 saturated heterocycles. The maximum atomic E-state index is 13.4. The quantitative estimate of drug-likeness (QED) is 0.303. The van der Waals surface area contributed by atoms with Crippen LogP contribution in [0.2, 0.25) is 5.02 Å². The van der Waals surface area contributed by atoms with Crippen molar-refractivity contribution in [1.29, 1.82) is 0 Å². The van der Waals surface area contributed by atoms with Gasteiger partial charge in [-0.2, -0.15) is 4.37 Å². The highest BCUT2D eigenvalue weighted by atomic mass is 35.5. The second kappa shape index (κ2) is 11.8. The number of para-hydroxylation sites is 1. The molecule has 0 radical (unpaired) electrons. The highest BCUT2D eigenvalue weighted by Gasteiger charge is 2.25. The van der Waals surface area contributed by atoms with E-state index in [1.807, 2.05) is 47.4 Å². The van der Waals surface area contributed by atoms with Crippen LogP contribution < -0.4 is 9.80 Å². The van der Waals surface area contributed by atoms with E-state index < -0.39 is 0 Å². The molecule has 5 rings (SSSR count). The van der Waals surface area contributed by atoms with Crippen molar-refractivity contribution in [3.05, 3.63) is 106 Å². The van der Waals surface area contributed by atoms with Gasteiger partial charge in [0.1, 0.15) is 5.82 Å². The average molecular weight is 532 g/mol. The zero-order valence-corrected chi connectivity index (χ0v) is 22.5. The molecule has 0 aliphatic carbocycles. The lowest BCUT2D eigenvalue weighted by Crippen LogP contribution is -2.51. The fraction of sp³-hybridized carbons (Fsp3) is 0.276. The Bertz CT molecular complexity index is 1320. The first-order valence-electron chi connectivity index (χ1n) is 12.5. The number of hydrogen-bond acceptors (Lipinski definition) is 6. The van der Waals surface area contributed by atoms with Crippen LogP contribution in [0.1, 0.15) is 22.5 Å². The van der Waals surface area contributed by atoms with E-state index in [1.165, 1.54) is 22.8 Å². The zero-order valence-electron chi connectivity index (χ0n) is 20.9. The molecule has 0 unspecified atom stereocenters. The summed E-state index contributed by atoms with van der Waals surface area (Å²) >= 11 is 7.37. The van der Waals surface area contributed by atoms with Gasteiger partial charge in [0.25, 0.3) is 0 Å². The van der Waals surface area contributed by atoms with Gasteiger partial charge in [0.05, 0.1) is 6.54 Å². The Morgan fingerprint density at radius 1 is 0.919 bits per heavy atom. The van der Waals surface area contributed by atoms with Crippen molar-refractivity contribution in [3.63, 3.8) is 0 Å². The van der Waals surface area contributed by atoms with Crippen molar-refractivity contribution in [2.45, 2.75) is 19.9 Å². The Morgan fingerprint density at radius 3 is 2.35 bits per heavy atom. The van der Waals surface area contributed by atoms with Gasteiger partial charge in [-0.3, -0.25) is 4.79 Å². The number of anilines is 2. The number of carbonyl (C=O) groups excluding carboxylic acids is 1. The van der Waals surface area contributed by atoms with Gasteiger partial charge in [0.2, 0.25) is 11.0 Å². The van der Waals surface area contributed by atoms with Gasteiger partial charge in [0.15, 0.2) is 0 Å².